The first-order valence-corrected chi connectivity index (χ1v) is 7.71. The smallest absolute Gasteiger partial charge is 0.319 e. The topological polar surface area (TPSA) is 73.5 Å². The standard InChI is InChI=1S/C16H22N4O2/c1-10-3-5-12(6-4-10)18-16(22)19-13-7-14-8-17-11(2)15(21)20(14)9-13/h3-6,11,13-14,17H,7-9H2,1-2H3,(H2,18,19,22)/t11-,13-,14-/m0/s1/i17+1. The van der Waals surface area contributed by atoms with E-state index in [1.807, 2.05) is 43.0 Å². The average molecular weight is 303 g/mol. The van der Waals surface area contributed by atoms with Gasteiger partial charge in [0.05, 0.1) is 12.1 Å². The number of rotatable bonds is 2. The van der Waals surface area contributed by atoms with E-state index in [-0.39, 0.29) is 30.1 Å². The van der Waals surface area contributed by atoms with Gasteiger partial charge in [0.15, 0.2) is 0 Å². The molecule has 0 saturated carbocycles. The van der Waals surface area contributed by atoms with E-state index in [0.717, 1.165) is 24.2 Å². The fraction of sp³-hybridized carbons (Fsp3) is 0.500. The first-order chi connectivity index (χ1) is 10.5. The van der Waals surface area contributed by atoms with E-state index in [1.54, 1.807) is 0 Å². The van der Waals surface area contributed by atoms with E-state index in [0.29, 0.717) is 6.54 Å². The molecule has 2 aliphatic heterocycles. The molecule has 0 bridgehead atoms. The zero-order valence-electron chi connectivity index (χ0n) is 12.9. The lowest BCUT2D eigenvalue weighted by Crippen LogP contribution is -2.56. The third-order valence-electron chi connectivity index (χ3n) is 4.37. The number of anilines is 1. The number of aryl methyl sites for hydroxylation is 1. The lowest BCUT2D eigenvalue weighted by Gasteiger charge is -2.33. The van der Waals surface area contributed by atoms with E-state index >= 15 is 0 Å². The van der Waals surface area contributed by atoms with Crippen molar-refractivity contribution in [2.75, 3.05) is 18.4 Å². The molecule has 0 aromatic heterocycles. The molecule has 2 saturated heterocycles. The Balaban J connectivity index is 1.54. The molecule has 2 aliphatic rings. The number of carbonyl (C=O) groups excluding carboxylic acids is 2. The SMILES string of the molecule is Cc1ccc(NC(=O)N[C@H]2C[C@H]3C[15NH][C@@H](C)C(=O)N3C2)cc1. The molecule has 1 aromatic carbocycles. The van der Waals surface area contributed by atoms with Crippen LogP contribution < -0.4 is 16.0 Å². The number of hydrogen-bond acceptors (Lipinski definition) is 3. The summed E-state index contributed by atoms with van der Waals surface area (Å²) in [5.74, 6) is 0.125. The maximum Gasteiger partial charge on any atom is 0.319 e. The van der Waals surface area contributed by atoms with Crippen molar-refractivity contribution >= 4 is 17.6 Å². The van der Waals surface area contributed by atoms with Gasteiger partial charge in [-0.3, -0.25) is 4.79 Å². The number of benzene rings is 1. The van der Waals surface area contributed by atoms with Crippen molar-refractivity contribution in [3.63, 3.8) is 0 Å². The summed E-state index contributed by atoms with van der Waals surface area (Å²) in [6.45, 7) is 5.27. The number of carbonyl (C=O) groups is 2. The van der Waals surface area contributed by atoms with Crippen LogP contribution in [0.5, 0.6) is 0 Å². The van der Waals surface area contributed by atoms with E-state index in [2.05, 4.69) is 16.0 Å². The Morgan fingerprint density at radius 1 is 1.32 bits per heavy atom. The summed E-state index contributed by atoms with van der Waals surface area (Å²) < 4.78 is 0. The van der Waals surface area contributed by atoms with Crippen LogP contribution in [0.1, 0.15) is 18.9 Å². The average Bonchev–Trinajstić information content (AvgIpc) is 2.89. The summed E-state index contributed by atoms with van der Waals surface area (Å²) >= 11 is 0. The lowest BCUT2D eigenvalue weighted by molar-refractivity contribution is -0.136. The minimum atomic E-state index is -0.220. The van der Waals surface area contributed by atoms with E-state index < -0.39 is 0 Å². The molecular formula is C16H22N4O2. The van der Waals surface area contributed by atoms with Gasteiger partial charge >= 0.3 is 6.03 Å². The van der Waals surface area contributed by atoms with E-state index in [1.165, 1.54) is 0 Å². The fourth-order valence-corrected chi connectivity index (χ4v) is 3.12. The summed E-state index contributed by atoms with van der Waals surface area (Å²) in [5, 5.41) is 8.99. The second-order valence-electron chi connectivity index (χ2n) is 6.17. The second-order valence-corrected chi connectivity index (χ2v) is 6.17. The van der Waals surface area contributed by atoms with Gasteiger partial charge in [0, 0.05) is 24.8 Å². The number of amides is 3. The monoisotopic (exact) mass is 303 g/mol. The summed E-state index contributed by atoms with van der Waals surface area (Å²) in [5.41, 5.74) is 1.92. The molecule has 0 aliphatic carbocycles. The van der Waals surface area contributed by atoms with Crippen LogP contribution in [0.25, 0.3) is 0 Å². The molecular weight excluding hydrogens is 281 g/mol. The lowest BCUT2D eigenvalue weighted by atomic mass is 10.1. The largest absolute Gasteiger partial charge is 0.335 e. The molecule has 6 heteroatoms. The molecule has 0 unspecified atom stereocenters. The van der Waals surface area contributed by atoms with Crippen LogP contribution in [-0.4, -0.2) is 48.1 Å². The number of fused-ring (bicyclic) bond motifs is 1. The molecule has 3 amide bonds. The highest BCUT2D eigenvalue weighted by Gasteiger charge is 2.40. The third kappa shape index (κ3) is 3.06. The molecule has 0 radical (unpaired) electrons. The second kappa shape index (κ2) is 5.96. The summed E-state index contributed by atoms with van der Waals surface area (Å²) in [4.78, 5) is 26.0. The molecule has 2 heterocycles. The van der Waals surface area contributed by atoms with Crippen LogP contribution in [0.2, 0.25) is 0 Å². The minimum absolute atomic E-state index is 0.00602. The Bertz CT molecular complexity index is 572. The molecule has 1 aromatic rings. The molecule has 3 atom stereocenters. The van der Waals surface area contributed by atoms with Gasteiger partial charge in [-0.2, -0.15) is 0 Å². The predicted molar refractivity (Wildman–Crippen MR) is 84.7 cm³/mol. The Labute approximate surface area is 130 Å². The molecule has 6 nitrogen and oxygen atoms in total. The van der Waals surface area contributed by atoms with Crippen LogP contribution in [0.3, 0.4) is 0 Å². The fourth-order valence-electron chi connectivity index (χ4n) is 3.12. The number of nitrogens with one attached hydrogen (secondary N) is 3. The molecule has 3 N–H and O–H groups in total. The maximum absolute atomic E-state index is 12.1. The van der Waals surface area contributed by atoms with Crippen molar-refractivity contribution in [1.82, 2.24) is 15.5 Å². The van der Waals surface area contributed by atoms with Crippen LogP contribution in [0.15, 0.2) is 24.3 Å². The van der Waals surface area contributed by atoms with Crippen molar-refractivity contribution < 1.29 is 9.59 Å². The Morgan fingerprint density at radius 3 is 2.77 bits per heavy atom. The van der Waals surface area contributed by atoms with Gasteiger partial charge < -0.3 is 20.9 Å². The maximum atomic E-state index is 12.1. The Hall–Kier alpha value is -2.08. The minimum Gasteiger partial charge on any atom is -0.335 e. The van der Waals surface area contributed by atoms with Crippen molar-refractivity contribution in [2.24, 2.45) is 0 Å². The first-order valence-electron chi connectivity index (χ1n) is 7.71. The van der Waals surface area contributed by atoms with Gasteiger partial charge in [-0.1, -0.05) is 17.7 Å². The van der Waals surface area contributed by atoms with E-state index in [4.69, 9.17) is 0 Å². The highest BCUT2D eigenvalue weighted by atomic mass is 16.2. The molecule has 0 spiro atoms. The van der Waals surface area contributed by atoms with Crippen LogP contribution >= 0.6 is 0 Å². The highest BCUT2D eigenvalue weighted by Crippen LogP contribution is 2.21. The normalized spacial score (nSPS) is 27.5. The zero-order chi connectivity index (χ0) is 15.7. The quantitative estimate of drug-likeness (QED) is 0.716. The third-order valence-corrected chi connectivity index (χ3v) is 4.37. The van der Waals surface area contributed by atoms with Crippen molar-refractivity contribution in [3.8, 4) is 0 Å². The van der Waals surface area contributed by atoms with Gasteiger partial charge in [0.25, 0.3) is 0 Å². The first kappa shape index (κ1) is 14.8. The number of piperazine rings is 1. The van der Waals surface area contributed by atoms with E-state index in [9.17, 15) is 9.59 Å². The highest BCUT2D eigenvalue weighted by molar-refractivity contribution is 5.89. The summed E-state index contributed by atoms with van der Waals surface area (Å²) in [6, 6.07) is 7.51. The number of nitrogens with zero attached hydrogens (tertiary/aromatic N) is 1. The van der Waals surface area contributed by atoms with Gasteiger partial charge in [0.2, 0.25) is 5.91 Å². The van der Waals surface area contributed by atoms with Crippen molar-refractivity contribution in [3.05, 3.63) is 29.8 Å². The Kier molecular flexibility index (Phi) is 4.02. The molecule has 2 fully saturated rings. The van der Waals surface area contributed by atoms with Crippen LogP contribution in [0.4, 0.5) is 10.5 Å². The van der Waals surface area contributed by atoms with Gasteiger partial charge in [-0.25, -0.2) is 4.79 Å². The molecule has 3 rings (SSSR count). The van der Waals surface area contributed by atoms with Crippen LogP contribution in [0, 0.1) is 6.92 Å². The van der Waals surface area contributed by atoms with Crippen molar-refractivity contribution in [1.29, 1.82) is 0 Å². The Morgan fingerprint density at radius 2 is 2.05 bits per heavy atom. The zero-order valence-corrected chi connectivity index (χ0v) is 12.9. The number of hydrogen-bond donors (Lipinski definition) is 3. The number of urea groups is 1. The summed E-state index contributed by atoms with van der Waals surface area (Å²) in [7, 11) is 0. The molecule has 118 valence electrons. The van der Waals surface area contributed by atoms with Gasteiger partial charge in [-0.05, 0) is 32.4 Å². The predicted octanol–water partition coefficient (Wildman–Crippen LogP) is 1.08. The van der Waals surface area contributed by atoms with Crippen molar-refractivity contribution in [2.45, 2.75) is 38.4 Å². The van der Waals surface area contributed by atoms with Gasteiger partial charge in [0.1, 0.15) is 0 Å². The van der Waals surface area contributed by atoms with Crippen LogP contribution in [-0.2, 0) is 4.79 Å². The molecule has 22 heavy (non-hydrogen) atoms. The van der Waals surface area contributed by atoms with Gasteiger partial charge in [-0.15, -0.1) is 0 Å². The summed E-state index contributed by atoms with van der Waals surface area (Å²) in [6.07, 6.45) is 0.798.